The van der Waals surface area contributed by atoms with E-state index in [1.807, 2.05) is 20.8 Å². The average molecular weight is 439 g/mol. The molecule has 0 saturated heterocycles. The van der Waals surface area contributed by atoms with Crippen LogP contribution in [0.4, 0.5) is 0 Å². The highest BCUT2D eigenvalue weighted by molar-refractivity contribution is 5.94. The Morgan fingerprint density at radius 2 is 1.58 bits per heavy atom. The highest BCUT2D eigenvalue weighted by atomic mass is 16.4. The van der Waals surface area contributed by atoms with Gasteiger partial charge in [0.05, 0.1) is 12.4 Å². The number of imidazole rings is 1. The molecule has 0 aliphatic heterocycles. The number of aromatic amines is 1. The zero-order valence-corrected chi connectivity index (χ0v) is 18.5. The SMILES string of the molecule is CCC(C)C(NC(=O)C(N)Cc1cnc[nH]1)C(=O)NC(C(=O)NCC(=O)O)C(C)CC. The Balaban J connectivity index is 2.89. The number of nitrogens with two attached hydrogens (primary N) is 1. The third-order valence-corrected chi connectivity index (χ3v) is 5.33. The summed E-state index contributed by atoms with van der Waals surface area (Å²) in [5, 5.41) is 16.5. The van der Waals surface area contributed by atoms with Crippen LogP contribution in [0.15, 0.2) is 12.5 Å². The lowest BCUT2D eigenvalue weighted by Crippen LogP contribution is -2.59. The Bertz CT molecular complexity index is 738. The van der Waals surface area contributed by atoms with Gasteiger partial charge >= 0.3 is 5.97 Å². The van der Waals surface area contributed by atoms with E-state index in [0.717, 1.165) is 0 Å². The summed E-state index contributed by atoms with van der Waals surface area (Å²) < 4.78 is 0. The van der Waals surface area contributed by atoms with Crippen LogP contribution in [0, 0.1) is 11.8 Å². The maximum Gasteiger partial charge on any atom is 0.322 e. The number of carbonyl (C=O) groups is 4. The summed E-state index contributed by atoms with van der Waals surface area (Å²) in [4.78, 5) is 55.6. The van der Waals surface area contributed by atoms with Gasteiger partial charge in [0, 0.05) is 18.3 Å². The van der Waals surface area contributed by atoms with Crippen LogP contribution >= 0.6 is 0 Å². The van der Waals surface area contributed by atoms with Gasteiger partial charge in [0.1, 0.15) is 18.6 Å². The summed E-state index contributed by atoms with van der Waals surface area (Å²) in [5.74, 6) is -3.25. The zero-order valence-electron chi connectivity index (χ0n) is 18.5. The smallest absolute Gasteiger partial charge is 0.322 e. The lowest BCUT2D eigenvalue weighted by Gasteiger charge is -2.29. The number of hydrogen-bond donors (Lipinski definition) is 6. The number of amides is 3. The van der Waals surface area contributed by atoms with Gasteiger partial charge in [0.15, 0.2) is 0 Å². The van der Waals surface area contributed by atoms with Crippen molar-refractivity contribution < 1.29 is 24.3 Å². The van der Waals surface area contributed by atoms with Gasteiger partial charge in [-0.1, -0.05) is 40.5 Å². The Morgan fingerprint density at radius 1 is 1.03 bits per heavy atom. The van der Waals surface area contributed by atoms with Gasteiger partial charge in [-0.3, -0.25) is 19.2 Å². The van der Waals surface area contributed by atoms with E-state index in [9.17, 15) is 19.2 Å². The number of carbonyl (C=O) groups excluding carboxylic acids is 3. The van der Waals surface area contributed by atoms with Gasteiger partial charge in [-0.05, 0) is 11.8 Å². The van der Waals surface area contributed by atoms with E-state index in [0.29, 0.717) is 18.5 Å². The Kier molecular flexibility index (Phi) is 10.7. The van der Waals surface area contributed by atoms with Crippen molar-refractivity contribution in [2.75, 3.05) is 6.54 Å². The number of aromatic nitrogens is 2. The van der Waals surface area contributed by atoms with Crippen LogP contribution in [0.3, 0.4) is 0 Å². The van der Waals surface area contributed by atoms with Crippen molar-refractivity contribution in [2.24, 2.45) is 17.6 Å². The van der Waals surface area contributed by atoms with Crippen LogP contribution < -0.4 is 21.7 Å². The summed E-state index contributed by atoms with van der Waals surface area (Å²) in [7, 11) is 0. The van der Waals surface area contributed by atoms with Crippen LogP contribution in [0.5, 0.6) is 0 Å². The molecule has 174 valence electrons. The molecule has 1 rings (SSSR count). The van der Waals surface area contributed by atoms with E-state index < -0.39 is 48.4 Å². The third-order valence-electron chi connectivity index (χ3n) is 5.33. The Morgan fingerprint density at radius 3 is 2.06 bits per heavy atom. The first-order valence-electron chi connectivity index (χ1n) is 10.4. The number of aliphatic carboxylic acids is 1. The normalized spacial score (nSPS) is 15.8. The van der Waals surface area contributed by atoms with E-state index in [4.69, 9.17) is 10.8 Å². The minimum absolute atomic E-state index is 0.219. The van der Waals surface area contributed by atoms with Crippen LogP contribution in [-0.2, 0) is 25.6 Å². The minimum atomic E-state index is -1.18. The number of rotatable bonds is 13. The molecule has 0 bridgehead atoms. The highest BCUT2D eigenvalue weighted by Gasteiger charge is 2.33. The lowest BCUT2D eigenvalue weighted by atomic mass is 9.94. The van der Waals surface area contributed by atoms with Crippen molar-refractivity contribution in [2.45, 2.75) is 65.1 Å². The molecule has 0 radical (unpaired) electrons. The van der Waals surface area contributed by atoms with E-state index in [1.54, 1.807) is 13.1 Å². The maximum atomic E-state index is 13.0. The van der Waals surface area contributed by atoms with Gasteiger partial charge in [-0.15, -0.1) is 0 Å². The van der Waals surface area contributed by atoms with Crippen molar-refractivity contribution >= 4 is 23.7 Å². The fourth-order valence-electron chi connectivity index (χ4n) is 2.91. The molecule has 7 N–H and O–H groups in total. The molecule has 0 fully saturated rings. The molecule has 11 nitrogen and oxygen atoms in total. The molecule has 5 atom stereocenters. The van der Waals surface area contributed by atoms with Gasteiger partial charge in [0.25, 0.3) is 0 Å². The monoisotopic (exact) mass is 438 g/mol. The van der Waals surface area contributed by atoms with Crippen molar-refractivity contribution in [3.63, 3.8) is 0 Å². The Labute approximate surface area is 181 Å². The van der Waals surface area contributed by atoms with E-state index in [2.05, 4.69) is 25.9 Å². The minimum Gasteiger partial charge on any atom is -0.480 e. The second-order valence-corrected chi connectivity index (χ2v) is 7.74. The second kappa shape index (κ2) is 12.7. The van der Waals surface area contributed by atoms with Crippen molar-refractivity contribution in [1.29, 1.82) is 0 Å². The van der Waals surface area contributed by atoms with E-state index in [1.165, 1.54) is 6.33 Å². The summed E-state index contributed by atoms with van der Waals surface area (Å²) in [6.45, 7) is 6.79. The average Bonchev–Trinajstić information content (AvgIpc) is 3.25. The van der Waals surface area contributed by atoms with Crippen LogP contribution in [0.1, 0.15) is 46.2 Å². The van der Waals surface area contributed by atoms with Crippen LogP contribution in [0.2, 0.25) is 0 Å². The quantitative estimate of drug-likeness (QED) is 0.241. The lowest BCUT2D eigenvalue weighted by molar-refractivity contribution is -0.139. The number of nitrogens with one attached hydrogen (secondary N) is 4. The molecule has 0 saturated carbocycles. The predicted octanol–water partition coefficient (Wildman–Crippen LogP) is -0.458. The molecule has 1 aromatic heterocycles. The maximum absolute atomic E-state index is 13.0. The van der Waals surface area contributed by atoms with Crippen molar-refractivity contribution in [3.8, 4) is 0 Å². The van der Waals surface area contributed by atoms with E-state index >= 15 is 0 Å². The molecule has 1 heterocycles. The molecule has 11 heteroatoms. The van der Waals surface area contributed by atoms with E-state index in [-0.39, 0.29) is 18.3 Å². The van der Waals surface area contributed by atoms with Gasteiger partial charge in [0.2, 0.25) is 17.7 Å². The summed E-state index contributed by atoms with van der Waals surface area (Å²) in [6, 6.07) is -2.72. The zero-order chi connectivity index (χ0) is 23.6. The fraction of sp³-hybridized carbons (Fsp3) is 0.650. The summed E-state index contributed by atoms with van der Waals surface area (Å²) in [5.41, 5.74) is 6.67. The second-order valence-electron chi connectivity index (χ2n) is 7.74. The summed E-state index contributed by atoms with van der Waals surface area (Å²) >= 11 is 0. The first-order valence-corrected chi connectivity index (χ1v) is 10.4. The molecule has 0 aliphatic rings. The number of carboxylic acid groups (broad SMARTS) is 1. The van der Waals surface area contributed by atoms with Crippen molar-refractivity contribution in [3.05, 3.63) is 18.2 Å². The topological polar surface area (TPSA) is 179 Å². The molecule has 0 spiro atoms. The highest BCUT2D eigenvalue weighted by Crippen LogP contribution is 2.12. The standard InChI is InChI=1S/C20H34N6O5/c1-5-11(3)16(19(30)23-9-15(27)28)26-20(31)17(12(4)6-2)25-18(29)14(21)7-13-8-22-10-24-13/h8,10-12,14,16-17H,5-7,9,21H2,1-4H3,(H,22,24)(H,23,30)(H,25,29)(H,26,31)(H,27,28). The molecular formula is C20H34N6O5. The largest absolute Gasteiger partial charge is 0.480 e. The number of carboxylic acids is 1. The third kappa shape index (κ3) is 8.36. The number of H-pyrrole nitrogens is 1. The van der Waals surface area contributed by atoms with Gasteiger partial charge in [-0.2, -0.15) is 0 Å². The Hall–Kier alpha value is -2.95. The van der Waals surface area contributed by atoms with Gasteiger partial charge in [-0.25, -0.2) is 4.98 Å². The first kappa shape index (κ1) is 26.1. The molecule has 5 unspecified atom stereocenters. The molecular weight excluding hydrogens is 404 g/mol. The number of hydrogen-bond acceptors (Lipinski definition) is 6. The fourth-order valence-corrected chi connectivity index (χ4v) is 2.91. The van der Waals surface area contributed by atoms with Crippen molar-refractivity contribution in [1.82, 2.24) is 25.9 Å². The first-order chi connectivity index (χ1) is 14.6. The number of nitrogens with zero attached hydrogens (tertiary/aromatic N) is 1. The molecule has 0 aliphatic carbocycles. The molecule has 31 heavy (non-hydrogen) atoms. The molecule has 0 aromatic carbocycles. The molecule has 1 aromatic rings. The summed E-state index contributed by atoms with van der Waals surface area (Å²) in [6.07, 6.45) is 4.47. The predicted molar refractivity (Wildman–Crippen MR) is 114 cm³/mol. The molecule has 3 amide bonds. The van der Waals surface area contributed by atoms with Crippen LogP contribution in [-0.4, -0.2) is 63.4 Å². The van der Waals surface area contributed by atoms with Crippen LogP contribution in [0.25, 0.3) is 0 Å². The van der Waals surface area contributed by atoms with Gasteiger partial charge < -0.3 is 31.8 Å².